The Balaban J connectivity index is 2.52. The molecule has 0 bridgehead atoms. The first-order chi connectivity index (χ1) is 6.66. The number of benzene rings is 1. The number of aromatic hydroxyl groups is 1. The molecule has 4 heteroatoms. The van der Waals surface area contributed by atoms with Gasteiger partial charge < -0.3 is 16.6 Å². The Morgan fingerprint density at radius 1 is 1.07 bits per heavy atom. The second kappa shape index (κ2) is 3.23. The molecule has 0 spiro atoms. The summed E-state index contributed by atoms with van der Waals surface area (Å²) in [7, 11) is 0. The van der Waals surface area contributed by atoms with Crippen LogP contribution in [0.4, 0.5) is 11.4 Å². The third-order valence-electron chi connectivity index (χ3n) is 1.91. The van der Waals surface area contributed by atoms with Gasteiger partial charge in [0.05, 0.1) is 0 Å². The van der Waals surface area contributed by atoms with Crippen LogP contribution in [0.1, 0.15) is 0 Å². The Morgan fingerprint density at radius 3 is 2.43 bits per heavy atom. The summed E-state index contributed by atoms with van der Waals surface area (Å²) in [5, 5.41) is 11.5. The first-order valence-corrected chi connectivity index (χ1v) is 4.97. The van der Waals surface area contributed by atoms with Gasteiger partial charge in [-0.05, 0) is 18.2 Å². The van der Waals surface area contributed by atoms with E-state index in [1.54, 1.807) is 12.1 Å². The van der Waals surface area contributed by atoms with Crippen molar-refractivity contribution >= 4 is 22.7 Å². The van der Waals surface area contributed by atoms with Crippen molar-refractivity contribution in [1.82, 2.24) is 0 Å². The molecule has 0 unspecified atom stereocenters. The average Bonchev–Trinajstić information content (AvgIpc) is 2.51. The van der Waals surface area contributed by atoms with E-state index >= 15 is 0 Å². The monoisotopic (exact) mass is 206 g/mol. The maximum atomic E-state index is 9.64. The van der Waals surface area contributed by atoms with Crippen molar-refractivity contribution in [3.63, 3.8) is 0 Å². The minimum Gasteiger partial charge on any atom is -0.507 e. The van der Waals surface area contributed by atoms with Gasteiger partial charge in [-0.1, -0.05) is 0 Å². The highest BCUT2D eigenvalue weighted by Gasteiger charge is 2.06. The van der Waals surface area contributed by atoms with Crippen LogP contribution in [0, 0.1) is 0 Å². The second-order valence-electron chi connectivity index (χ2n) is 3.02. The SMILES string of the molecule is Nc1csc(-c2ccc(N)cc2O)c1. The predicted molar refractivity (Wildman–Crippen MR) is 60.2 cm³/mol. The Bertz CT molecular complexity index is 465. The number of anilines is 2. The summed E-state index contributed by atoms with van der Waals surface area (Å²) < 4.78 is 0. The summed E-state index contributed by atoms with van der Waals surface area (Å²) in [6.45, 7) is 0. The molecule has 0 saturated heterocycles. The van der Waals surface area contributed by atoms with Crippen molar-refractivity contribution in [1.29, 1.82) is 0 Å². The van der Waals surface area contributed by atoms with E-state index in [1.165, 1.54) is 17.4 Å². The largest absolute Gasteiger partial charge is 0.507 e. The summed E-state index contributed by atoms with van der Waals surface area (Å²) in [5.74, 6) is 0.187. The fraction of sp³-hybridized carbons (Fsp3) is 0. The molecule has 0 atom stereocenters. The third-order valence-corrected chi connectivity index (χ3v) is 2.89. The van der Waals surface area contributed by atoms with Crippen molar-refractivity contribution in [3.05, 3.63) is 29.6 Å². The van der Waals surface area contributed by atoms with Crippen molar-refractivity contribution < 1.29 is 5.11 Å². The van der Waals surface area contributed by atoms with Crippen LogP contribution in [0.25, 0.3) is 10.4 Å². The Hall–Kier alpha value is -1.68. The average molecular weight is 206 g/mol. The Kier molecular flexibility index (Phi) is 2.05. The van der Waals surface area contributed by atoms with Gasteiger partial charge in [-0.15, -0.1) is 11.3 Å². The zero-order chi connectivity index (χ0) is 10.1. The molecule has 1 aromatic heterocycles. The van der Waals surface area contributed by atoms with Gasteiger partial charge in [0.1, 0.15) is 5.75 Å². The van der Waals surface area contributed by atoms with Gasteiger partial charge in [0.15, 0.2) is 0 Å². The molecular weight excluding hydrogens is 196 g/mol. The quantitative estimate of drug-likeness (QED) is 0.627. The van der Waals surface area contributed by atoms with Crippen LogP contribution < -0.4 is 11.5 Å². The van der Waals surface area contributed by atoms with Crippen LogP contribution in [-0.2, 0) is 0 Å². The molecule has 14 heavy (non-hydrogen) atoms. The van der Waals surface area contributed by atoms with E-state index in [9.17, 15) is 5.11 Å². The number of nitrogens with two attached hydrogens (primary N) is 2. The zero-order valence-corrected chi connectivity index (χ0v) is 8.21. The maximum Gasteiger partial charge on any atom is 0.126 e. The van der Waals surface area contributed by atoms with Crippen molar-refractivity contribution in [2.75, 3.05) is 11.5 Å². The molecule has 0 amide bonds. The second-order valence-corrected chi connectivity index (χ2v) is 3.93. The number of rotatable bonds is 1. The van der Waals surface area contributed by atoms with E-state index in [-0.39, 0.29) is 5.75 Å². The molecule has 1 heterocycles. The van der Waals surface area contributed by atoms with Crippen LogP contribution in [0.3, 0.4) is 0 Å². The number of phenolic OH excluding ortho intramolecular Hbond substituents is 1. The summed E-state index contributed by atoms with van der Waals surface area (Å²) in [4.78, 5) is 0.944. The molecule has 5 N–H and O–H groups in total. The van der Waals surface area contributed by atoms with E-state index in [1.807, 2.05) is 11.4 Å². The molecule has 0 aliphatic heterocycles. The van der Waals surface area contributed by atoms with E-state index in [0.717, 1.165) is 10.4 Å². The predicted octanol–water partition coefficient (Wildman–Crippen LogP) is 2.29. The summed E-state index contributed by atoms with van der Waals surface area (Å²) >= 11 is 1.50. The molecule has 0 saturated carbocycles. The van der Waals surface area contributed by atoms with Crippen molar-refractivity contribution in [2.24, 2.45) is 0 Å². The summed E-state index contributed by atoms with van der Waals surface area (Å²) in [5.41, 5.74) is 13.2. The smallest absolute Gasteiger partial charge is 0.126 e. The molecular formula is C10H10N2OS. The van der Waals surface area contributed by atoms with Crippen LogP contribution in [0.2, 0.25) is 0 Å². The highest BCUT2D eigenvalue weighted by molar-refractivity contribution is 7.14. The van der Waals surface area contributed by atoms with Crippen molar-refractivity contribution in [3.8, 4) is 16.2 Å². The first-order valence-electron chi connectivity index (χ1n) is 4.09. The van der Waals surface area contributed by atoms with Gasteiger partial charge in [0, 0.05) is 33.3 Å². The van der Waals surface area contributed by atoms with Crippen LogP contribution >= 0.6 is 11.3 Å². The standard InChI is InChI=1S/C10H10N2OS/c11-6-1-2-8(9(13)3-6)10-4-7(12)5-14-10/h1-5,13H,11-12H2. The molecule has 72 valence electrons. The zero-order valence-electron chi connectivity index (χ0n) is 7.40. The lowest BCUT2D eigenvalue weighted by molar-refractivity contribution is 0.478. The fourth-order valence-corrected chi connectivity index (χ4v) is 2.08. The van der Waals surface area contributed by atoms with E-state index in [4.69, 9.17) is 11.5 Å². The fourth-order valence-electron chi connectivity index (χ4n) is 1.25. The Morgan fingerprint density at radius 2 is 1.86 bits per heavy atom. The summed E-state index contributed by atoms with van der Waals surface area (Å²) in [6, 6.07) is 6.90. The first kappa shape index (κ1) is 8.90. The van der Waals surface area contributed by atoms with Crippen LogP contribution in [0.5, 0.6) is 5.75 Å². The number of phenols is 1. The van der Waals surface area contributed by atoms with Gasteiger partial charge in [0.2, 0.25) is 0 Å². The topological polar surface area (TPSA) is 72.3 Å². The Labute approximate surface area is 85.6 Å². The lowest BCUT2D eigenvalue weighted by atomic mass is 10.1. The van der Waals surface area contributed by atoms with Gasteiger partial charge in [-0.2, -0.15) is 0 Å². The lowest BCUT2D eigenvalue weighted by Crippen LogP contribution is -1.84. The molecule has 0 aliphatic carbocycles. The molecule has 3 nitrogen and oxygen atoms in total. The summed E-state index contributed by atoms with van der Waals surface area (Å²) in [6.07, 6.45) is 0. The molecule has 2 rings (SSSR count). The highest BCUT2D eigenvalue weighted by Crippen LogP contribution is 2.35. The number of thiophene rings is 1. The van der Waals surface area contributed by atoms with Gasteiger partial charge in [-0.25, -0.2) is 0 Å². The normalized spacial score (nSPS) is 10.3. The minimum atomic E-state index is 0.187. The number of nitrogen functional groups attached to an aromatic ring is 2. The van der Waals surface area contributed by atoms with E-state index in [0.29, 0.717) is 11.4 Å². The van der Waals surface area contributed by atoms with Crippen LogP contribution in [0.15, 0.2) is 29.6 Å². The maximum absolute atomic E-state index is 9.64. The third kappa shape index (κ3) is 1.52. The highest BCUT2D eigenvalue weighted by atomic mass is 32.1. The molecule has 2 aromatic rings. The van der Waals surface area contributed by atoms with Gasteiger partial charge in [-0.3, -0.25) is 0 Å². The molecule has 0 fully saturated rings. The van der Waals surface area contributed by atoms with Gasteiger partial charge >= 0.3 is 0 Å². The van der Waals surface area contributed by atoms with Crippen LogP contribution in [-0.4, -0.2) is 5.11 Å². The molecule has 1 aromatic carbocycles. The van der Waals surface area contributed by atoms with E-state index in [2.05, 4.69) is 0 Å². The molecule has 0 radical (unpaired) electrons. The minimum absolute atomic E-state index is 0.187. The van der Waals surface area contributed by atoms with Crippen molar-refractivity contribution in [2.45, 2.75) is 0 Å². The lowest BCUT2D eigenvalue weighted by Gasteiger charge is -2.02. The van der Waals surface area contributed by atoms with Gasteiger partial charge in [0.25, 0.3) is 0 Å². The van der Waals surface area contributed by atoms with E-state index < -0.39 is 0 Å². The number of hydrogen-bond acceptors (Lipinski definition) is 4. The number of hydrogen-bond donors (Lipinski definition) is 3. The molecule has 0 aliphatic rings.